The molecule has 0 spiro atoms. The number of ether oxygens (including phenoxy) is 1. The maximum atomic E-state index is 11.8. The number of aromatic nitrogens is 2. The summed E-state index contributed by atoms with van der Waals surface area (Å²) in [5.41, 5.74) is 1.22. The van der Waals surface area contributed by atoms with Crippen LogP contribution in [0, 0.1) is 0 Å². The molecule has 0 atom stereocenters. The van der Waals surface area contributed by atoms with Crippen LogP contribution in [0.2, 0.25) is 0 Å². The van der Waals surface area contributed by atoms with Gasteiger partial charge in [0, 0.05) is 40.8 Å². The zero-order valence-corrected chi connectivity index (χ0v) is 13.0. The van der Waals surface area contributed by atoms with Crippen molar-refractivity contribution in [2.24, 2.45) is 7.05 Å². The van der Waals surface area contributed by atoms with Crippen molar-refractivity contribution >= 4 is 12.0 Å². The second-order valence-electron chi connectivity index (χ2n) is 4.65. The van der Waals surface area contributed by atoms with E-state index in [0.717, 1.165) is 5.69 Å². The highest BCUT2D eigenvalue weighted by molar-refractivity contribution is 5.90. The van der Waals surface area contributed by atoms with Crippen LogP contribution in [-0.2, 0) is 18.3 Å². The summed E-state index contributed by atoms with van der Waals surface area (Å²) in [4.78, 5) is 24.6. The average Bonchev–Trinajstić information content (AvgIpc) is 2.80. The van der Waals surface area contributed by atoms with Gasteiger partial charge in [-0.1, -0.05) is 0 Å². The highest BCUT2D eigenvalue weighted by Crippen LogP contribution is 2.08. The van der Waals surface area contributed by atoms with Crippen LogP contribution in [0.15, 0.2) is 6.20 Å². The van der Waals surface area contributed by atoms with E-state index in [-0.39, 0.29) is 12.0 Å². The normalized spacial score (nSPS) is 10.3. The van der Waals surface area contributed by atoms with Gasteiger partial charge in [-0.25, -0.2) is 9.59 Å². The van der Waals surface area contributed by atoms with Crippen LogP contribution in [0.25, 0.3) is 0 Å². The topological polar surface area (TPSA) is 88.5 Å². The first kappa shape index (κ1) is 17.0. The molecule has 118 valence electrons. The Balaban J connectivity index is 2.43. The largest absolute Gasteiger partial charge is 0.462 e. The Bertz CT molecular complexity index is 484. The van der Waals surface area contributed by atoms with Crippen LogP contribution in [-0.4, -0.2) is 60.5 Å². The van der Waals surface area contributed by atoms with E-state index in [2.05, 4.69) is 15.7 Å². The Morgan fingerprint density at radius 1 is 1.38 bits per heavy atom. The standard InChI is InChI=1S/C13H23N5O3/c1-5-21-12(19)10-8-16-18(4)11(10)9-14-6-7-15-13(20)17(2)3/h8,14H,5-7,9H2,1-4H3,(H,15,20). The fourth-order valence-electron chi connectivity index (χ4n) is 1.67. The average molecular weight is 297 g/mol. The fraction of sp³-hybridized carbons (Fsp3) is 0.615. The molecular formula is C13H23N5O3. The minimum atomic E-state index is -0.372. The van der Waals surface area contributed by atoms with Crippen molar-refractivity contribution in [2.45, 2.75) is 13.5 Å². The predicted octanol–water partition coefficient (Wildman–Crippen LogP) is -0.0424. The van der Waals surface area contributed by atoms with Gasteiger partial charge in [-0.3, -0.25) is 4.68 Å². The minimum absolute atomic E-state index is 0.135. The quantitative estimate of drug-likeness (QED) is 0.544. The van der Waals surface area contributed by atoms with Gasteiger partial charge >= 0.3 is 12.0 Å². The van der Waals surface area contributed by atoms with E-state index >= 15 is 0 Å². The molecule has 1 aromatic rings. The van der Waals surface area contributed by atoms with E-state index in [4.69, 9.17) is 4.74 Å². The van der Waals surface area contributed by atoms with E-state index in [1.165, 1.54) is 11.1 Å². The maximum Gasteiger partial charge on any atom is 0.341 e. The molecule has 0 aliphatic rings. The molecule has 0 aliphatic carbocycles. The number of hydrogen-bond acceptors (Lipinski definition) is 5. The molecule has 8 heteroatoms. The van der Waals surface area contributed by atoms with Gasteiger partial charge in [-0.2, -0.15) is 5.10 Å². The van der Waals surface area contributed by atoms with Crippen LogP contribution in [0.3, 0.4) is 0 Å². The Kier molecular flexibility index (Phi) is 6.67. The number of carbonyl (C=O) groups is 2. The lowest BCUT2D eigenvalue weighted by Crippen LogP contribution is -2.38. The zero-order chi connectivity index (χ0) is 15.8. The smallest absolute Gasteiger partial charge is 0.341 e. The van der Waals surface area contributed by atoms with Crippen LogP contribution in [0.4, 0.5) is 4.79 Å². The second kappa shape index (κ2) is 8.25. The van der Waals surface area contributed by atoms with Gasteiger partial charge in [0.25, 0.3) is 0 Å². The van der Waals surface area contributed by atoms with Crippen LogP contribution in [0.1, 0.15) is 23.0 Å². The Labute approximate surface area is 124 Å². The van der Waals surface area contributed by atoms with Gasteiger partial charge in [0.1, 0.15) is 5.56 Å². The van der Waals surface area contributed by atoms with Crippen molar-refractivity contribution in [1.82, 2.24) is 25.3 Å². The Hall–Kier alpha value is -2.09. The molecular weight excluding hydrogens is 274 g/mol. The first-order chi connectivity index (χ1) is 9.97. The molecule has 2 amide bonds. The molecule has 8 nitrogen and oxygen atoms in total. The van der Waals surface area contributed by atoms with Gasteiger partial charge < -0.3 is 20.3 Å². The summed E-state index contributed by atoms with van der Waals surface area (Å²) in [6.45, 7) is 3.66. The molecule has 1 heterocycles. The second-order valence-corrected chi connectivity index (χ2v) is 4.65. The number of hydrogen-bond donors (Lipinski definition) is 2. The number of amides is 2. The molecule has 1 aromatic heterocycles. The van der Waals surface area contributed by atoms with Crippen molar-refractivity contribution in [2.75, 3.05) is 33.8 Å². The van der Waals surface area contributed by atoms with Gasteiger partial charge in [0.15, 0.2) is 0 Å². The highest BCUT2D eigenvalue weighted by atomic mass is 16.5. The number of nitrogens with one attached hydrogen (secondary N) is 2. The monoisotopic (exact) mass is 297 g/mol. The number of aryl methyl sites for hydroxylation is 1. The van der Waals surface area contributed by atoms with E-state index in [0.29, 0.717) is 31.8 Å². The molecule has 0 saturated carbocycles. The molecule has 0 unspecified atom stereocenters. The first-order valence-electron chi connectivity index (χ1n) is 6.81. The molecule has 0 fully saturated rings. The third-order valence-electron chi connectivity index (χ3n) is 2.83. The Morgan fingerprint density at radius 3 is 2.71 bits per heavy atom. The van der Waals surface area contributed by atoms with Gasteiger partial charge in [0.05, 0.1) is 18.5 Å². The summed E-state index contributed by atoms with van der Waals surface area (Å²) in [6.07, 6.45) is 1.50. The summed E-state index contributed by atoms with van der Waals surface area (Å²) in [5.74, 6) is -0.372. The van der Waals surface area contributed by atoms with Crippen molar-refractivity contribution in [1.29, 1.82) is 0 Å². The summed E-state index contributed by atoms with van der Waals surface area (Å²) in [7, 11) is 5.14. The number of rotatable bonds is 7. The van der Waals surface area contributed by atoms with Crippen LogP contribution in [0.5, 0.6) is 0 Å². The van der Waals surface area contributed by atoms with Gasteiger partial charge in [0.2, 0.25) is 0 Å². The predicted molar refractivity (Wildman–Crippen MR) is 78.0 cm³/mol. The van der Waals surface area contributed by atoms with Crippen molar-refractivity contribution in [3.8, 4) is 0 Å². The van der Waals surface area contributed by atoms with Crippen molar-refractivity contribution < 1.29 is 14.3 Å². The van der Waals surface area contributed by atoms with Gasteiger partial charge in [-0.15, -0.1) is 0 Å². The number of esters is 1. The van der Waals surface area contributed by atoms with Gasteiger partial charge in [-0.05, 0) is 6.92 Å². The maximum absolute atomic E-state index is 11.8. The van der Waals surface area contributed by atoms with Crippen LogP contribution >= 0.6 is 0 Å². The number of nitrogens with zero attached hydrogens (tertiary/aromatic N) is 3. The SMILES string of the molecule is CCOC(=O)c1cnn(C)c1CNCCNC(=O)N(C)C. The highest BCUT2D eigenvalue weighted by Gasteiger charge is 2.16. The lowest BCUT2D eigenvalue weighted by molar-refractivity contribution is 0.0524. The van der Waals surface area contributed by atoms with E-state index in [1.54, 1.807) is 32.7 Å². The molecule has 0 saturated heterocycles. The molecule has 0 aromatic carbocycles. The third-order valence-corrected chi connectivity index (χ3v) is 2.83. The molecule has 21 heavy (non-hydrogen) atoms. The molecule has 0 radical (unpaired) electrons. The minimum Gasteiger partial charge on any atom is -0.462 e. The van der Waals surface area contributed by atoms with E-state index in [1.807, 2.05) is 0 Å². The molecule has 1 rings (SSSR count). The molecule has 2 N–H and O–H groups in total. The van der Waals surface area contributed by atoms with Crippen LogP contribution < -0.4 is 10.6 Å². The molecule has 0 bridgehead atoms. The fourth-order valence-corrected chi connectivity index (χ4v) is 1.67. The Morgan fingerprint density at radius 2 is 2.10 bits per heavy atom. The van der Waals surface area contributed by atoms with Crippen molar-refractivity contribution in [3.05, 3.63) is 17.5 Å². The van der Waals surface area contributed by atoms with E-state index < -0.39 is 0 Å². The third kappa shape index (κ3) is 5.07. The first-order valence-corrected chi connectivity index (χ1v) is 6.81. The number of carbonyl (C=O) groups excluding carboxylic acids is 2. The lowest BCUT2D eigenvalue weighted by Gasteiger charge is -2.12. The summed E-state index contributed by atoms with van der Waals surface area (Å²) in [5, 5.41) is 9.97. The number of urea groups is 1. The summed E-state index contributed by atoms with van der Waals surface area (Å²) < 4.78 is 6.62. The summed E-state index contributed by atoms with van der Waals surface area (Å²) >= 11 is 0. The van der Waals surface area contributed by atoms with E-state index in [9.17, 15) is 9.59 Å². The lowest BCUT2D eigenvalue weighted by atomic mass is 10.2. The molecule has 0 aliphatic heterocycles. The van der Waals surface area contributed by atoms with Crippen molar-refractivity contribution in [3.63, 3.8) is 0 Å². The zero-order valence-electron chi connectivity index (χ0n) is 13.0. The summed E-state index contributed by atoms with van der Waals surface area (Å²) in [6, 6.07) is -0.135.